The molecular formula is C10H13N5O5S. The molecule has 0 bridgehead atoms. The summed E-state index contributed by atoms with van der Waals surface area (Å²) in [6.45, 7) is 4.03. The number of carboxylic acid groups (broad SMARTS) is 1. The Morgan fingerprint density at radius 1 is 1.33 bits per heavy atom. The molecule has 0 aliphatic carbocycles. The second-order valence-corrected chi connectivity index (χ2v) is 5.90. The largest absolute Gasteiger partial charge is 0.480 e. The van der Waals surface area contributed by atoms with Crippen molar-refractivity contribution in [2.45, 2.75) is 32.2 Å². The van der Waals surface area contributed by atoms with Crippen molar-refractivity contribution in [3.8, 4) is 0 Å². The van der Waals surface area contributed by atoms with Crippen LogP contribution in [0.3, 0.4) is 0 Å². The summed E-state index contributed by atoms with van der Waals surface area (Å²) >= 11 is 0. The average molecular weight is 315 g/mol. The second kappa shape index (κ2) is 5.16. The lowest BCUT2D eigenvalue weighted by molar-refractivity contribution is -0.137. The van der Waals surface area contributed by atoms with Crippen molar-refractivity contribution >= 4 is 22.0 Å². The van der Waals surface area contributed by atoms with Gasteiger partial charge in [-0.2, -0.15) is 5.10 Å². The van der Waals surface area contributed by atoms with E-state index in [-0.39, 0.29) is 28.2 Å². The lowest BCUT2D eigenvalue weighted by Crippen LogP contribution is -2.16. The van der Waals surface area contributed by atoms with Crippen LogP contribution in [0.4, 0.5) is 6.01 Å². The van der Waals surface area contributed by atoms with Crippen molar-refractivity contribution in [2.24, 2.45) is 0 Å². The molecule has 0 saturated carbocycles. The predicted molar refractivity (Wildman–Crippen MR) is 69.2 cm³/mol. The van der Waals surface area contributed by atoms with Crippen LogP contribution in [-0.4, -0.2) is 39.5 Å². The first-order valence-electron chi connectivity index (χ1n) is 5.79. The number of sulfonamides is 1. The summed E-state index contributed by atoms with van der Waals surface area (Å²) in [5.74, 6) is -0.909. The van der Waals surface area contributed by atoms with E-state index in [1.54, 1.807) is 0 Å². The number of hydrogen-bond donors (Lipinski definition) is 2. The fourth-order valence-electron chi connectivity index (χ4n) is 1.86. The van der Waals surface area contributed by atoms with Gasteiger partial charge in [0.1, 0.15) is 11.4 Å². The van der Waals surface area contributed by atoms with Crippen LogP contribution in [-0.2, 0) is 21.4 Å². The summed E-state index contributed by atoms with van der Waals surface area (Å²) in [6, 6.07) is -0.266. The molecule has 0 saturated heterocycles. The number of carboxylic acids is 1. The first-order valence-corrected chi connectivity index (χ1v) is 7.27. The van der Waals surface area contributed by atoms with E-state index in [0.717, 1.165) is 4.68 Å². The number of aryl methyl sites for hydroxylation is 2. The average Bonchev–Trinajstić information content (AvgIpc) is 2.82. The number of carbonyl (C=O) groups is 1. The predicted octanol–water partition coefficient (Wildman–Crippen LogP) is 0.0768. The molecule has 0 radical (unpaired) electrons. The topological polar surface area (TPSA) is 140 Å². The highest BCUT2D eigenvalue weighted by molar-refractivity contribution is 7.92. The molecule has 0 aliphatic heterocycles. The van der Waals surface area contributed by atoms with E-state index in [2.05, 4.69) is 20.0 Å². The molecule has 2 aromatic rings. The summed E-state index contributed by atoms with van der Waals surface area (Å²) in [5, 5.41) is 19.7. The third-order valence-electron chi connectivity index (χ3n) is 2.62. The molecule has 2 aromatic heterocycles. The third-order valence-corrected chi connectivity index (χ3v) is 4.19. The van der Waals surface area contributed by atoms with Gasteiger partial charge in [-0.05, 0) is 13.8 Å². The molecule has 0 spiro atoms. The molecule has 21 heavy (non-hydrogen) atoms. The van der Waals surface area contributed by atoms with Crippen molar-refractivity contribution in [1.29, 1.82) is 0 Å². The molecule has 0 amide bonds. The Kier molecular flexibility index (Phi) is 3.68. The summed E-state index contributed by atoms with van der Waals surface area (Å²) in [7, 11) is -4.00. The van der Waals surface area contributed by atoms with Crippen LogP contribution in [0.5, 0.6) is 0 Å². The van der Waals surface area contributed by atoms with Crippen LogP contribution in [0.25, 0.3) is 0 Å². The van der Waals surface area contributed by atoms with Crippen molar-refractivity contribution in [3.63, 3.8) is 0 Å². The van der Waals surface area contributed by atoms with Crippen molar-refractivity contribution in [3.05, 3.63) is 17.3 Å². The first kappa shape index (κ1) is 15.0. The molecule has 2 heterocycles. The number of aromatic nitrogens is 4. The first-order chi connectivity index (χ1) is 9.70. The molecule has 114 valence electrons. The fourth-order valence-corrected chi connectivity index (χ4v) is 3.19. The lowest BCUT2D eigenvalue weighted by atomic mass is 10.4. The Bertz CT molecular complexity index is 791. The van der Waals surface area contributed by atoms with Gasteiger partial charge in [0.05, 0.1) is 11.4 Å². The van der Waals surface area contributed by atoms with Gasteiger partial charge in [-0.25, -0.2) is 13.1 Å². The SMILES string of the molecule is Cc1nnc(NS(=O)(=O)c2c(C)nn(CC(=O)O)c2C)o1. The molecule has 11 heteroatoms. The molecule has 0 aromatic carbocycles. The van der Waals surface area contributed by atoms with E-state index in [9.17, 15) is 13.2 Å². The standard InChI is InChI=1S/C10H13N5O5S/c1-5-9(6(2)15(13-5)4-8(16)17)21(18,19)14-10-12-11-7(3)20-10/h4H2,1-3H3,(H,12,14)(H,16,17). The maximum Gasteiger partial charge on any atom is 0.329 e. The number of rotatable bonds is 5. The monoisotopic (exact) mass is 315 g/mol. The van der Waals surface area contributed by atoms with E-state index in [1.807, 2.05) is 0 Å². The maximum absolute atomic E-state index is 12.3. The second-order valence-electron chi connectivity index (χ2n) is 4.28. The van der Waals surface area contributed by atoms with Gasteiger partial charge in [-0.15, -0.1) is 5.10 Å². The highest BCUT2D eigenvalue weighted by Crippen LogP contribution is 2.22. The van der Waals surface area contributed by atoms with Crippen molar-refractivity contribution in [2.75, 3.05) is 4.72 Å². The van der Waals surface area contributed by atoms with E-state index in [4.69, 9.17) is 9.52 Å². The molecule has 0 atom stereocenters. The summed E-state index contributed by atoms with van der Waals surface area (Å²) in [4.78, 5) is 10.6. The van der Waals surface area contributed by atoms with Crippen LogP contribution in [0.1, 0.15) is 17.3 Å². The highest BCUT2D eigenvalue weighted by Gasteiger charge is 2.26. The van der Waals surface area contributed by atoms with E-state index >= 15 is 0 Å². The minimum Gasteiger partial charge on any atom is -0.480 e. The quantitative estimate of drug-likeness (QED) is 0.790. The van der Waals surface area contributed by atoms with Gasteiger partial charge in [0.15, 0.2) is 0 Å². The zero-order valence-electron chi connectivity index (χ0n) is 11.5. The molecule has 0 fully saturated rings. The van der Waals surface area contributed by atoms with Gasteiger partial charge < -0.3 is 9.52 Å². The Labute approximate surface area is 119 Å². The van der Waals surface area contributed by atoms with Crippen molar-refractivity contribution in [1.82, 2.24) is 20.0 Å². The fraction of sp³-hybridized carbons (Fsp3) is 0.400. The summed E-state index contributed by atoms with van der Waals surface area (Å²) < 4.78 is 32.8. The van der Waals surface area contributed by atoms with E-state index in [0.29, 0.717) is 0 Å². The molecular weight excluding hydrogens is 302 g/mol. The Hall–Kier alpha value is -2.43. The van der Waals surface area contributed by atoms with E-state index in [1.165, 1.54) is 20.8 Å². The molecule has 2 rings (SSSR count). The van der Waals surface area contributed by atoms with Crippen LogP contribution in [0, 0.1) is 20.8 Å². The molecule has 0 aliphatic rings. The number of hydrogen-bond acceptors (Lipinski definition) is 7. The Morgan fingerprint density at radius 2 is 2.00 bits per heavy atom. The normalized spacial score (nSPS) is 11.6. The Balaban J connectivity index is 2.40. The van der Waals surface area contributed by atoms with Gasteiger partial charge in [0, 0.05) is 6.92 Å². The molecule has 10 nitrogen and oxygen atoms in total. The van der Waals surface area contributed by atoms with E-state index < -0.39 is 22.5 Å². The summed E-state index contributed by atoms with van der Waals surface area (Å²) in [5.41, 5.74) is 0.385. The lowest BCUT2D eigenvalue weighted by Gasteiger charge is -2.05. The Morgan fingerprint density at radius 3 is 2.52 bits per heavy atom. The van der Waals surface area contributed by atoms with Gasteiger partial charge in [-0.3, -0.25) is 9.48 Å². The minimum absolute atomic E-state index is 0.111. The van der Waals surface area contributed by atoms with Gasteiger partial charge in [-0.1, -0.05) is 5.10 Å². The number of nitrogens with zero attached hydrogens (tertiary/aromatic N) is 4. The zero-order chi connectivity index (χ0) is 15.8. The van der Waals surface area contributed by atoms with Gasteiger partial charge in [0.25, 0.3) is 10.0 Å². The van der Waals surface area contributed by atoms with Crippen LogP contribution in [0.15, 0.2) is 9.31 Å². The molecule has 2 N–H and O–H groups in total. The van der Waals surface area contributed by atoms with Crippen LogP contribution < -0.4 is 4.72 Å². The third kappa shape index (κ3) is 3.02. The number of nitrogens with one attached hydrogen (secondary N) is 1. The van der Waals surface area contributed by atoms with Crippen LogP contribution >= 0.6 is 0 Å². The van der Waals surface area contributed by atoms with Gasteiger partial charge in [0.2, 0.25) is 5.89 Å². The number of anilines is 1. The molecule has 0 unspecified atom stereocenters. The van der Waals surface area contributed by atoms with Crippen molar-refractivity contribution < 1.29 is 22.7 Å². The number of aliphatic carboxylic acids is 1. The van der Waals surface area contributed by atoms with Crippen LogP contribution in [0.2, 0.25) is 0 Å². The maximum atomic E-state index is 12.3. The van der Waals surface area contributed by atoms with Gasteiger partial charge >= 0.3 is 12.0 Å². The smallest absolute Gasteiger partial charge is 0.329 e. The zero-order valence-corrected chi connectivity index (χ0v) is 12.3. The minimum atomic E-state index is -4.00. The summed E-state index contributed by atoms with van der Waals surface area (Å²) in [6.07, 6.45) is 0. The highest BCUT2D eigenvalue weighted by atomic mass is 32.2.